The summed E-state index contributed by atoms with van der Waals surface area (Å²) in [6.45, 7) is 7.14. The molecule has 2 heterocycles. The van der Waals surface area contributed by atoms with Gasteiger partial charge in [-0.25, -0.2) is 13.2 Å². The third-order valence-electron chi connectivity index (χ3n) is 3.80. The molecule has 0 amide bonds. The predicted octanol–water partition coefficient (Wildman–Crippen LogP) is 1.54. The molecule has 1 aromatic carbocycles. The quantitative estimate of drug-likeness (QED) is 0.783. The number of aromatic nitrogens is 2. The number of aliphatic imine (C=N–C) groups is 1. The number of nitrogens with zero attached hydrogens (tertiary/aromatic N) is 3. The van der Waals surface area contributed by atoms with E-state index in [-0.39, 0.29) is 28.6 Å². The summed E-state index contributed by atoms with van der Waals surface area (Å²) in [6.07, 6.45) is 0. The summed E-state index contributed by atoms with van der Waals surface area (Å²) >= 11 is 0. The zero-order valence-corrected chi connectivity index (χ0v) is 16.2. The van der Waals surface area contributed by atoms with Crippen LogP contribution in [0.1, 0.15) is 45.0 Å². The number of hydrogen-bond acceptors (Lipinski definition) is 8. The molecule has 0 aliphatic carbocycles. The summed E-state index contributed by atoms with van der Waals surface area (Å²) < 4.78 is 36.7. The van der Waals surface area contributed by atoms with Crippen LogP contribution in [0.15, 0.2) is 38.7 Å². The molecule has 1 N–H and O–H groups in total. The Kier molecular flexibility index (Phi) is 4.77. The van der Waals surface area contributed by atoms with E-state index < -0.39 is 22.0 Å². The van der Waals surface area contributed by atoms with Crippen LogP contribution >= 0.6 is 0 Å². The van der Waals surface area contributed by atoms with Crippen LogP contribution in [0, 0.1) is 0 Å². The highest BCUT2D eigenvalue weighted by Crippen LogP contribution is 2.23. The third-order valence-corrected chi connectivity index (χ3v) is 5.20. The molecule has 1 atom stereocenters. The first-order chi connectivity index (χ1) is 12.6. The molecule has 1 aliphatic heterocycles. The molecule has 0 bridgehead atoms. The Morgan fingerprint density at radius 1 is 1.33 bits per heavy atom. The SMILES string of the molecule is C[C@H](N=C1NS(=O)(=O)c2ccccc21)C(=O)OCc1nc(C(C)(C)C)no1. The van der Waals surface area contributed by atoms with Crippen molar-refractivity contribution < 1.29 is 22.5 Å². The first-order valence-corrected chi connectivity index (χ1v) is 9.76. The normalized spacial score (nSPS) is 18.0. The minimum atomic E-state index is -3.66. The lowest BCUT2D eigenvalue weighted by Crippen LogP contribution is -2.26. The molecular weight excluding hydrogens is 372 g/mol. The van der Waals surface area contributed by atoms with Crippen LogP contribution in [-0.2, 0) is 31.6 Å². The Balaban J connectivity index is 1.68. The van der Waals surface area contributed by atoms with Gasteiger partial charge >= 0.3 is 5.97 Å². The van der Waals surface area contributed by atoms with Gasteiger partial charge in [0.15, 0.2) is 12.4 Å². The highest BCUT2D eigenvalue weighted by molar-refractivity contribution is 7.90. The topological polar surface area (TPSA) is 124 Å². The van der Waals surface area contributed by atoms with Crippen LogP contribution < -0.4 is 4.72 Å². The second-order valence-electron chi connectivity index (χ2n) is 7.12. The van der Waals surface area contributed by atoms with Crippen LogP contribution in [-0.4, -0.2) is 36.4 Å². The average molecular weight is 392 g/mol. The molecular formula is C17H20N4O5S. The Morgan fingerprint density at radius 2 is 2.04 bits per heavy atom. The molecule has 0 spiro atoms. The van der Waals surface area contributed by atoms with Gasteiger partial charge in [-0.1, -0.05) is 38.1 Å². The summed E-state index contributed by atoms with van der Waals surface area (Å²) in [6, 6.07) is 5.50. The van der Waals surface area contributed by atoms with Gasteiger partial charge in [0.1, 0.15) is 11.9 Å². The van der Waals surface area contributed by atoms with Gasteiger partial charge in [-0.3, -0.25) is 9.71 Å². The second-order valence-corrected chi connectivity index (χ2v) is 8.78. The van der Waals surface area contributed by atoms with E-state index in [4.69, 9.17) is 9.26 Å². The van der Waals surface area contributed by atoms with Crippen molar-refractivity contribution in [3.63, 3.8) is 0 Å². The van der Waals surface area contributed by atoms with E-state index in [2.05, 4.69) is 19.9 Å². The standard InChI is InChI=1S/C17H20N4O5S/c1-10(15(22)25-9-13-19-16(20-26-13)17(2,3)4)18-14-11-7-5-6-8-12(11)27(23,24)21-14/h5-8,10H,9H2,1-4H3,(H,18,21)/t10-/m0/s1. The Bertz CT molecular complexity index is 1000. The van der Waals surface area contributed by atoms with E-state index in [0.717, 1.165) is 0 Å². The van der Waals surface area contributed by atoms with Gasteiger partial charge in [0.25, 0.3) is 15.9 Å². The van der Waals surface area contributed by atoms with E-state index in [1.54, 1.807) is 18.2 Å². The van der Waals surface area contributed by atoms with Gasteiger partial charge in [0.2, 0.25) is 0 Å². The Hall–Kier alpha value is -2.75. The number of nitrogens with one attached hydrogen (secondary N) is 1. The predicted molar refractivity (Wildman–Crippen MR) is 95.6 cm³/mol. The van der Waals surface area contributed by atoms with Crippen molar-refractivity contribution in [2.24, 2.45) is 4.99 Å². The Labute approximate surface area is 156 Å². The van der Waals surface area contributed by atoms with Crippen molar-refractivity contribution >= 4 is 21.8 Å². The van der Waals surface area contributed by atoms with Gasteiger partial charge in [0.05, 0.1) is 4.90 Å². The van der Waals surface area contributed by atoms with E-state index in [0.29, 0.717) is 11.4 Å². The van der Waals surface area contributed by atoms with Gasteiger partial charge in [-0.15, -0.1) is 0 Å². The van der Waals surface area contributed by atoms with E-state index in [9.17, 15) is 13.2 Å². The van der Waals surface area contributed by atoms with Crippen LogP contribution in [0.4, 0.5) is 0 Å². The summed E-state index contributed by atoms with van der Waals surface area (Å²) in [7, 11) is -3.66. The molecule has 144 valence electrons. The number of ether oxygens (including phenoxy) is 1. The fourth-order valence-electron chi connectivity index (χ4n) is 2.35. The molecule has 27 heavy (non-hydrogen) atoms. The van der Waals surface area contributed by atoms with Crippen molar-refractivity contribution in [1.29, 1.82) is 0 Å². The smallest absolute Gasteiger partial charge is 0.331 e. The summed E-state index contributed by atoms with van der Waals surface area (Å²) in [5, 5.41) is 3.85. The maximum atomic E-state index is 12.2. The van der Waals surface area contributed by atoms with Crippen molar-refractivity contribution in [2.75, 3.05) is 0 Å². The van der Waals surface area contributed by atoms with Gasteiger partial charge in [-0.05, 0) is 19.1 Å². The number of sulfonamides is 1. The van der Waals surface area contributed by atoms with Gasteiger partial charge in [-0.2, -0.15) is 4.98 Å². The van der Waals surface area contributed by atoms with Crippen LogP contribution in [0.5, 0.6) is 0 Å². The largest absolute Gasteiger partial charge is 0.454 e. The molecule has 1 aromatic heterocycles. The van der Waals surface area contributed by atoms with Gasteiger partial charge in [0, 0.05) is 11.0 Å². The van der Waals surface area contributed by atoms with Crippen molar-refractivity contribution in [1.82, 2.24) is 14.9 Å². The molecule has 1 aliphatic rings. The molecule has 0 saturated heterocycles. The van der Waals surface area contributed by atoms with E-state index >= 15 is 0 Å². The number of carbonyl (C=O) groups excluding carboxylic acids is 1. The fourth-order valence-corrected chi connectivity index (χ4v) is 3.59. The van der Waals surface area contributed by atoms with Crippen molar-refractivity contribution in [2.45, 2.75) is 50.7 Å². The number of rotatable bonds is 4. The fraction of sp³-hybridized carbons (Fsp3) is 0.412. The number of hydrogen-bond donors (Lipinski definition) is 1. The number of benzene rings is 1. The molecule has 0 fully saturated rings. The van der Waals surface area contributed by atoms with Crippen molar-refractivity contribution in [3.05, 3.63) is 41.5 Å². The Morgan fingerprint density at radius 3 is 2.70 bits per heavy atom. The second kappa shape index (κ2) is 6.76. The molecule has 10 heteroatoms. The molecule has 0 saturated carbocycles. The molecule has 2 aromatic rings. The molecule has 3 rings (SSSR count). The molecule has 0 radical (unpaired) electrons. The summed E-state index contributed by atoms with van der Waals surface area (Å²) in [5.41, 5.74) is 0.141. The first-order valence-electron chi connectivity index (χ1n) is 8.27. The van der Waals surface area contributed by atoms with Crippen LogP contribution in [0.3, 0.4) is 0 Å². The minimum absolute atomic E-state index is 0.114. The zero-order valence-electron chi connectivity index (χ0n) is 15.4. The van der Waals surface area contributed by atoms with Gasteiger partial charge < -0.3 is 9.26 Å². The zero-order chi connectivity index (χ0) is 19.8. The van der Waals surface area contributed by atoms with Crippen LogP contribution in [0.25, 0.3) is 0 Å². The number of amidine groups is 1. The number of carbonyl (C=O) groups is 1. The van der Waals surface area contributed by atoms with Crippen LogP contribution in [0.2, 0.25) is 0 Å². The molecule has 0 unspecified atom stereocenters. The van der Waals surface area contributed by atoms with E-state index in [1.807, 2.05) is 20.8 Å². The lowest BCUT2D eigenvalue weighted by atomic mass is 9.96. The lowest BCUT2D eigenvalue weighted by molar-refractivity contribution is -0.146. The number of esters is 1. The highest BCUT2D eigenvalue weighted by Gasteiger charge is 2.31. The monoisotopic (exact) mass is 392 g/mol. The third kappa shape index (κ3) is 4.00. The van der Waals surface area contributed by atoms with Crippen molar-refractivity contribution in [3.8, 4) is 0 Å². The minimum Gasteiger partial charge on any atom is -0.454 e. The summed E-state index contributed by atoms with van der Waals surface area (Å²) in [4.78, 5) is 20.7. The molecule has 9 nitrogen and oxygen atoms in total. The maximum absolute atomic E-state index is 12.2. The first kappa shape index (κ1) is 19.0. The summed E-state index contributed by atoms with van der Waals surface area (Å²) in [5.74, 6) is 0.170. The highest BCUT2D eigenvalue weighted by atomic mass is 32.2. The number of fused-ring (bicyclic) bond motifs is 1. The average Bonchev–Trinajstić information content (AvgIpc) is 3.16. The lowest BCUT2D eigenvalue weighted by Gasteiger charge is -2.11. The maximum Gasteiger partial charge on any atom is 0.331 e. The van der Waals surface area contributed by atoms with E-state index in [1.165, 1.54) is 13.0 Å².